The van der Waals surface area contributed by atoms with Gasteiger partial charge in [-0.1, -0.05) is 23.7 Å². The molecule has 0 saturated carbocycles. The second kappa shape index (κ2) is 6.32. The quantitative estimate of drug-likeness (QED) is 0.526. The van der Waals surface area contributed by atoms with E-state index in [-0.39, 0.29) is 12.1 Å². The number of primary amides is 1. The average molecular weight is 389 g/mol. The third-order valence-electron chi connectivity index (χ3n) is 4.54. The Hall–Kier alpha value is -2.99. The molecule has 3 nitrogen and oxygen atoms in total. The third kappa shape index (κ3) is 2.82. The van der Waals surface area contributed by atoms with Crippen molar-refractivity contribution in [3.8, 4) is 0 Å². The highest BCUT2D eigenvalue weighted by atomic mass is 35.5. The Balaban J connectivity index is 2.06. The van der Waals surface area contributed by atoms with Crippen LogP contribution in [0, 0.1) is 17.5 Å². The van der Waals surface area contributed by atoms with E-state index < -0.39 is 23.4 Å². The number of carbonyl (C=O) groups is 1. The number of benzene rings is 3. The maximum atomic E-state index is 14.2. The average Bonchev–Trinajstić information content (AvgIpc) is 2.90. The first-order valence-electron chi connectivity index (χ1n) is 8.00. The molecule has 136 valence electrons. The Morgan fingerprint density at radius 1 is 1.00 bits per heavy atom. The predicted octanol–water partition coefficient (Wildman–Crippen LogP) is 5.01. The van der Waals surface area contributed by atoms with Crippen molar-refractivity contribution in [2.24, 2.45) is 5.73 Å². The van der Waals surface area contributed by atoms with Crippen LogP contribution < -0.4 is 5.73 Å². The minimum Gasteiger partial charge on any atom is -0.366 e. The van der Waals surface area contributed by atoms with E-state index in [9.17, 15) is 18.0 Å². The summed E-state index contributed by atoms with van der Waals surface area (Å²) in [6.07, 6.45) is 0. The molecule has 0 spiro atoms. The lowest BCUT2D eigenvalue weighted by Crippen LogP contribution is -2.11. The highest BCUT2D eigenvalue weighted by Gasteiger charge is 2.19. The zero-order valence-corrected chi connectivity index (χ0v) is 14.5. The fraction of sp³-hybridized carbons (Fsp3) is 0.0500. The van der Waals surface area contributed by atoms with E-state index >= 15 is 0 Å². The van der Waals surface area contributed by atoms with Crippen LogP contribution in [0.25, 0.3) is 21.8 Å². The van der Waals surface area contributed by atoms with Crippen LogP contribution in [0.5, 0.6) is 0 Å². The summed E-state index contributed by atoms with van der Waals surface area (Å²) in [6, 6.07) is 11.2. The van der Waals surface area contributed by atoms with Crippen LogP contribution in [0.1, 0.15) is 15.9 Å². The lowest BCUT2D eigenvalue weighted by molar-refractivity contribution is 0.100. The largest absolute Gasteiger partial charge is 0.366 e. The maximum absolute atomic E-state index is 14.2. The van der Waals surface area contributed by atoms with Crippen molar-refractivity contribution in [3.05, 3.63) is 82.1 Å². The summed E-state index contributed by atoms with van der Waals surface area (Å²) >= 11 is 6.10. The Labute approximate surface area is 156 Å². The number of hydrogen-bond acceptors (Lipinski definition) is 1. The highest BCUT2D eigenvalue weighted by molar-refractivity contribution is 6.32. The summed E-state index contributed by atoms with van der Waals surface area (Å²) in [7, 11) is 0. The fourth-order valence-electron chi connectivity index (χ4n) is 3.37. The van der Waals surface area contributed by atoms with Gasteiger partial charge in [0.2, 0.25) is 5.91 Å². The van der Waals surface area contributed by atoms with Crippen molar-refractivity contribution >= 4 is 39.3 Å². The summed E-state index contributed by atoms with van der Waals surface area (Å²) in [5.74, 6) is -3.59. The van der Waals surface area contributed by atoms with Gasteiger partial charge in [-0.3, -0.25) is 4.79 Å². The zero-order chi connectivity index (χ0) is 19.3. The number of amides is 1. The van der Waals surface area contributed by atoms with Gasteiger partial charge in [0.05, 0.1) is 17.6 Å². The lowest BCUT2D eigenvalue weighted by atomic mass is 10.1. The van der Waals surface area contributed by atoms with Crippen molar-refractivity contribution in [3.63, 3.8) is 0 Å². The minimum absolute atomic E-state index is 0.208. The molecular weight excluding hydrogens is 377 g/mol. The number of carbonyl (C=O) groups excluding carboxylic acids is 1. The van der Waals surface area contributed by atoms with Crippen LogP contribution in [0.3, 0.4) is 0 Å². The van der Waals surface area contributed by atoms with Gasteiger partial charge >= 0.3 is 0 Å². The lowest BCUT2D eigenvalue weighted by Gasteiger charge is -2.10. The molecule has 0 saturated heterocycles. The smallest absolute Gasteiger partial charge is 0.249 e. The molecule has 0 bridgehead atoms. The number of fused-ring (bicyclic) bond motifs is 3. The Bertz CT molecular complexity index is 1210. The van der Waals surface area contributed by atoms with Crippen molar-refractivity contribution in [1.82, 2.24) is 4.57 Å². The molecule has 0 radical (unpaired) electrons. The van der Waals surface area contributed by atoms with Gasteiger partial charge in [0.15, 0.2) is 0 Å². The van der Waals surface area contributed by atoms with Crippen LogP contribution in [0.4, 0.5) is 13.2 Å². The molecular formula is C20H12ClF3N2O. The van der Waals surface area contributed by atoms with Gasteiger partial charge in [-0.25, -0.2) is 13.2 Å². The molecule has 7 heteroatoms. The molecule has 1 amide bonds. The van der Waals surface area contributed by atoms with Crippen molar-refractivity contribution in [2.75, 3.05) is 0 Å². The first-order chi connectivity index (χ1) is 12.9. The summed E-state index contributed by atoms with van der Waals surface area (Å²) < 4.78 is 43.3. The molecule has 1 aromatic heterocycles. The van der Waals surface area contributed by atoms with E-state index in [0.29, 0.717) is 44.5 Å². The number of aromatic nitrogens is 1. The Kier molecular flexibility index (Phi) is 4.08. The van der Waals surface area contributed by atoms with Gasteiger partial charge in [0, 0.05) is 39.1 Å². The van der Waals surface area contributed by atoms with Crippen LogP contribution in [-0.4, -0.2) is 10.5 Å². The fourth-order valence-corrected chi connectivity index (χ4v) is 3.54. The van der Waals surface area contributed by atoms with Crippen LogP contribution >= 0.6 is 11.6 Å². The van der Waals surface area contributed by atoms with Crippen molar-refractivity contribution < 1.29 is 18.0 Å². The molecule has 2 N–H and O–H groups in total. The van der Waals surface area contributed by atoms with Gasteiger partial charge in [0.1, 0.15) is 17.5 Å². The second-order valence-electron chi connectivity index (χ2n) is 6.16. The highest BCUT2D eigenvalue weighted by Crippen LogP contribution is 2.34. The summed E-state index contributed by atoms with van der Waals surface area (Å²) in [5.41, 5.74) is 6.63. The van der Waals surface area contributed by atoms with E-state index in [1.54, 1.807) is 41.0 Å². The van der Waals surface area contributed by atoms with Gasteiger partial charge in [-0.15, -0.1) is 0 Å². The summed E-state index contributed by atoms with van der Waals surface area (Å²) in [5, 5.41) is 1.67. The third-order valence-corrected chi connectivity index (χ3v) is 4.78. The predicted molar refractivity (Wildman–Crippen MR) is 98.4 cm³/mol. The molecule has 4 rings (SSSR count). The van der Waals surface area contributed by atoms with Crippen molar-refractivity contribution in [2.45, 2.75) is 6.54 Å². The van der Waals surface area contributed by atoms with E-state index in [2.05, 4.69) is 0 Å². The number of nitrogens with two attached hydrogens (primary N) is 1. The first-order valence-corrected chi connectivity index (χ1v) is 8.38. The number of halogens is 4. The van der Waals surface area contributed by atoms with E-state index in [0.717, 1.165) is 0 Å². The zero-order valence-electron chi connectivity index (χ0n) is 13.8. The standard InChI is InChI=1S/C20H12ClF3N2O/c21-10-4-5-12-18(6-10)26(9-14-15(23)7-11(22)8-16(14)24)17-3-1-2-13(19(12)17)20(25)27/h1-8H,9H2,(H2,25,27). The summed E-state index contributed by atoms with van der Waals surface area (Å²) in [4.78, 5) is 11.9. The summed E-state index contributed by atoms with van der Waals surface area (Å²) in [6.45, 7) is -0.208. The van der Waals surface area contributed by atoms with Crippen LogP contribution in [0.15, 0.2) is 48.5 Å². The molecule has 0 aliphatic rings. The molecule has 3 aromatic carbocycles. The normalized spacial score (nSPS) is 11.4. The Morgan fingerprint density at radius 3 is 2.37 bits per heavy atom. The molecule has 27 heavy (non-hydrogen) atoms. The molecule has 4 aromatic rings. The van der Waals surface area contributed by atoms with Gasteiger partial charge in [-0.05, 0) is 24.3 Å². The number of rotatable bonds is 3. The SMILES string of the molecule is NC(=O)c1cccc2c1c1ccc(Cl)cc1n2Cc1c(F)cc(F)cc1F. The molecule has 1 heterocycles. The maximum Gasteiger partial charge on any atom is 0.249 e. The number of hydrogen-bond donors (Lipinski definition) is 1. The van der Waals surface area contributed by atoms with E-state index in [1.807, 2.05) is 0 Å². The second-order valence-corrected chi connectivity index (χ2v) is 6.60. The van der Waals surface area contributed by atoms with Gasteiger partial charge in [-0.2, -0.15) is 0 Å². The monoisotopic (exact) mass is 388 g/mol. The number of nitrogens with zero attached hydrogens (tertiary/aromatic N) is 1. The van der Waals surface area contributed by atoms with Crippen LogP contribution in [-0.2, 0) is 6.54 Å². The minimum atomic E-state index is -0.991. The Morgan fingerprint density at radius 2 is 1.70 bits per heavy atom. The molecule has 0 aliphatic carbocycles. The van der Waals surface area contributed by atoms with Crippen molar-refractivity contribution in [1.29, 1.82) is 0 Å². The first kappa shape index (κ1) is 17.4. The molecule has 0 unspecified atom stereocenters. The topological polar surface area (TPSA) is 48.0 Å². The van der Waals surface area contributed by atoms with Crippen LogP contribution in [0.2, 0.25) is 5.02 Å². The van der Waals surface area contributed by atoms with Gasteiger partial charge in [0.25, 0.3) is 0 Å². The van der Waals surface area contributed by atoms with E-state index in [1.165, 1.54) is 0 Å². The molecule has 0 aliphatic heterocycles. The molecule has 0 atom stereocenters. The molecule has 0 fully saturated rings. The van der Waals surface area contributed by atoms with E-state index in [4.69, 9.17) is 17.3 Å². The van der Waals surface area contributed by atoms with Gasteiger partial charge < -0.3 is 10.3 Å².